The maximum atomic E-state index is 13.6. The molecule has 0 aromatic heterocycles. The standard InChI is InChI=1S/C17H21FN2O2S/c1-19-15(21)6-5-14(17(22)20-7-9-23-10-8-20)16(19)12-3-2-4-13(18)11-12/h2-4,11,14,16H,5-10H2,1H3. The summed E-state index contributed by atoms with van der Waals surface area (Å²) in [5.74, 6) is 1.39. The van der Waals surface area contributed by atoms with Crippen molar-refractivity contribution in [2.75, 3.05) is 31.6 Å². The minimum Gasteiger partial charge on any atom is -0.341 e. The van der Waals surface area contributed by atoms with Gasteiger partial charge >= 0.3 is 0 Å². The SMILES string of the molecule is CN1C(=O)CCC(C(=O)N2CCSCC2)C1c1cccc(F)c1. The number of thioether (sulfide) groups is 1. The third kappa shape index (κ3) is 3.37. The minimum absolute atomic E-state index is 0.0116. The summed E-state index contributed by atoms with van der Waals surface area (Å²) in [7, 11) is 1.71. The van der Waals surface area contributed by atoms with Crippen LogP contribution >= 0.6 is 11.8 Å². The lowest BCUT2D eigenvalue weighted by Gasteiger charge is -2.41. The summed E-state index contributed by atoms with van der Waals surface area (Å²) in [5.41, 5.74) is 0.699. The van der Waals surface area contributed by atoms with Gasteiger partial charge in [0.05, 0.1) is 12.0 Å². The number of nitrogens with zero attached hydrogens (tertiary/aromatic N) is 2. The van der Waals surface area contributed by atoms with E-state index in [1.165, 1.54) is 12.1 Å². The highest BCUT2D eigenvalue weighted by atomic mass is 32.2. The van der Waals surface area contributed by atoms with E-state index in [0.717, 1.165) is 24.6 Å². The number of carbonyl (C=O) groups excluding carboxylic acids is 2. The molecule has 0 radical (unpaired) electrons. The van der Waals surface area contributed by atoms with Crippen LogP contribution in [0.2, 0.25) is 0 Å². The number of hydrogen-bond acceptors (Lipinski definition) is 3. The van der Waals surface area contributed by atoms with Gasteiger partial charge < -0.3 is 9.80 Å². The van der Waals surface area contributed by atoms with Crippen molar-refractivity contribution < 1.29 is 14.0 Å². The van der Waals surface area contributed by atoms with Crippen molar-refractivity contribution in [1.29, 1.82) is 0 Å². The van der Waals surface area contributed by atoms with Gasteiger partial charge in [0.25, 0.3) is 0 Å². The first-order valence-electron chi connectivity index (χ1n) is 7.95. The van der Waals surface area contributed by atoms with Crippen molar-refractivity contribution in [2.45, 2.75) is 18.9 Å². The van der Waals surface area contributed by atoms with E-state index in [4.69, 9.17) is 0 Å². The highest BCUT2D eigenvalue weighted by Gasteiger charge is 2.40. The zero-order valence-electron chi connectivity index (χ0n) is 13.2. The second-order valence-electron chi connectivity index (χ2n) is 6.09. The number of benzene rings is 1. The summed E-state index contributed by atoms with van der Waals surface area (Å²) in [6, 6.07) is 5.87. The molecule has 1 aromatic rings. The molecule has 2 heterocycles. The molecular formula is C17H21FN2O2S. The molecule has 2 saturated heterocycles. The molecular weight excluding hydrogens is 315 g/mol. The maximum Gasteiger partial charge on any atom is 0.228 e. The van der Waals surface area contributed by atoms with Crippen LogP contribution in [0.3, 0.4) is 0 Å². The summed E-state index contributed by atoms with van der Waals surface area (Å²) in [6.07, 6.45) is 0.911. The Hall–Kier alpha value is -1.56. The first-order chi connectivity index (χ1) is 11.1. The Morgan fingerprint density at radius 1 is 1.30 bits per heavy atom. The van der Waals surface area contributed by atoms with Crippen molar-refractivity contribution in [3.05, 3.63) is 35.6 Å². The molecule has 4 nitrogen and oxygen atoms in total. The van der Waals surface area contributed by atoms with Crippen LogP contribution in [0.5, 0.6) is 0 Å². The second-order valence-corrected chi connectivity index (χ2v) is 7.31. The molecule has 2 unspecified atom stereocenters. The summed E-state index contributed by atoms with van der Waals surface area (Å²) >= 11 is 1.85. The van der Waals surface area contributed by atoms with E-state index >= 15 is 0 Å². The number of carbonyl (C=O) groups is 2. The number of hydrogen-bond donors (Lipinski definition) is 0. The van der Waals surface area contributed by atoms with E-state index in [1.807, 2.05) is 16.7 Å². The lowest BCUT2D eigenvalue weighted by atomic mass is 9.83. The third-order valence-electron chi connectivity index (χ3n) is 4.69. The first-order valence-corrected chi connectivity index (χ1v) is 9.11. The van der Waals surface area contributed by atoms with E-state index < -0.39 is 0 Å². The van der Waals surface area contributed by atoms with Crippen LogP contribution in [0.25, 0.3) is 0 Å². The molecule has 0 aliphatic carbocycles. The monoisotopic (exact) mass is 336 g/mol. The Labute approximate surface area is 140 Å². The molecule has 3 rings (SSSR count). The molecule has 2 amide bonds. The van der Waals surface area contributed by atoms with Crippen LogP contribution in [0.4, 0.5) is 4.39 Å². The van der Waals surface area contributed by atoms with Crippen molar-refractivity contribution >= 4 is 23.6 Å². The predicted octanol–water partition coefficient (Wildman–Crippen LogP) is 2.31. The number of piperidine rings is 1. The molecule has 124 valence electrons. The normalized spacial score (nSPS) is 25.6. The average molecular weight is 336 g/mol. The van der Waals surface area contributed by atoms with Gasteiger partial charge in [-0.3, -0.25) is 9.59 Å². The highest BCUT2D eigenvalue weighted by Crippen LogP contribution is 2.37. The van der Waals surface area contributed by atoms with Crippen molar-refractivity contribution in [3.63, 3.8) is 0 Å². The van der Waals surface area contributed by atoms with Gasteiger partial charge in [-0.25, -0.2) is 4.39 Å². The van der Waals surface area contributed by atoms with Gasteiger partial charge in [-0.05, 0) is 24.1 Å². The molecule has 2 atom stereocenters. The van der Waals surface area contributed by atoms with Gasteiger partial charge in [-0.1, -0.05) is 12.1 Å². The van der Waals surface area contributed by atoms with Crippen LogP contribution in [-0.4, -0.2) is 53.3 Å². The zero-order chi connectivity index (χ0) is 16.4. The van der Waals surface area contributed by atoms with Crippen LogP contribution in [0, 0.1) is 11.7 Å². The number of rotatable bonds is 2. The molecule has 0 bridgehead atoms. The fourth-order valence-corrected chi connectivity index (χ4v) is 4.36. The topological polar surface area (TPSA) is 40.6 Å². The van der Waals surface area contributed by atoms with E-state index in [-0.39, 0.29) is 29.6 Å². The molecule has 2 aliphatic heterocycles. The third-order valence-corrected chi connectivity index (χ3v) is 5.63. The summed E-state index contributed by atoms with van der Waals surface area (Å²) in [5, 5.41) is 0. The second kappa shape index (κ2) is 6.91. The average Bonchev–Trinajstić information content (AvgIpc) is 2.57. The summed E-state index contributed by atoms with van der Waals surface area (Å²) < 4.78 is 13.6. The largest absolute Gasteiger partial charge is 0.341 e. The maximum absolute atomic E-state index is 13.6. The summed E-state index contributed by atoms with van der Waals surface area (Å²) in [6.45, 7) is 1.51. The van der Waals surface area contributed by atoms with Gasteiger partial charge in [-0.2, -0.15) is 11.8 Å². The number of likely N-dealkylation sites (tertiary alicyclic amines) is 1. The Bertz CT molecular complexity index is 604. The molecule has 2 fully saturated rings. The smallest absolute Gasteiger partial charge is 0.228 e. The Morgan fingerprint density at radius 2 is 2.04 bits per heavy atom. The predicted molar refractivity (Wildman–Crippen MR) is 88.5 cm³/mol. The van der Waals surface area contributed by atoms with Gasteiger partial charge in [0.1, 0.15) is 5.82 Å². The Morgan fingerprint density at radius 3 is 2.74 bits per heavy atom. The van der Waals surface area contributed by atoms with Crippen LogP contribution in [0.15, 0.2) is 24.3 Å². The fraction of sp³-hybridized carbons (Fsp3) is 0.529. The van der Waals surface area contributed by atoms with Gasteiger partial charge in [0, 0.05) is 38.1 Å². The lowest BCUT2D eigenvalue weighted by molar-refractivity contribution is -0.146. The zero-order valence-corrected chi connectivity index (χ0v) is 14.0. The molecule has 0 N–H and O–H groups in total. The lowest BCUT2D eigenvalue weighted by Crippen LogP contribution is -2.49. The number of halogens is 1. The Balaban J connectivity index is 1.89. The van der Waals surface area contributed by atoms with E-state index in [1.54, 1.807) is 24.1 Å². The van der Waals surface area contributed by atoms with Crippen molar-refractivity contribution in [3.8, 4) is 0 Å². The summed E-state index contributed by atoms with van der Waals surface area (Å²) in [4.78, 5) is 28.6. The highest BCUT2D eigenvalue weighted by molar-refractivity contribution is 7.99. The Kier molecular flexibility index (Phi) is 4.90. The quantitative estimate of drug-likeness (QED) is 0.832. The molecule has 0 spiro atoms. The van der Waals surface area contributed by atoms with Crippen molar-refractivity contribution in [2.24, 2.45) is 5.92 Å². The van der Waals surface area contributed by atoms with Crippen molar-refractivity contribution in [1.82, 2.24) is 9.80 Å². The van der Waals surface area contributed by atoms with Gasteiger partial charge in [0.2, 0.25) is 11.8 Å². The van der Waals surface area contributed by atoms with E-state index in [2.05, 4.69) is 0 Å². The first kappa shape index (κ1) is 16.3. The fourth-order valence-electron chi connectivity index (χ4n) is 3.46. The van der Waals surface area contributed by atoms with E-state index in [0.29, 0.717) is 18.4 Å². The molecule has 2 aliphatic rings. The molecule has 0 saturated carbocycles. The van der Waals surface area contributed by atoms with Crippen LogP contribution in [0.1, 0.15) is 24.4 Å². The molecule has 23 heavy (non-hydrogen) atoms. The minimum atomic E-state index is -0.381. The van der Waals surface area contributed by atoms with Gasteiger partial charge in [0.15, 0.2) is 0 Å². The van der Waals surface area contributed by atoms with Gasteiger partial charge in [-0.15, -0.1) is 0 Å². The molecule has 1 aromatic carbocycles. The van der Waals surface area contributed by atoms with E-state index in [9.17, 15) is 14.0 Å². The van der Waals surface area contributed by atoms with Crippen LogP contribution in [-0.2, 0) is 9.59 Å². The number of amides is 2. The van der Waals surface area contributed by atoms with Crippen LogP contribution < -0.4 is 0 Å². The molecule has 6 heteroatoms.